The van der Waals surface area contributed by atoms with Gasteiger partial charge in [0.2, 0.25) is 5.91 Å². The van der Waals surface area contributed by atoms with Gasteiger partial charge in [0.1, 0.15) is 12.1 Å². The second-order valence-electron chi connectivity index (χ2n) is 8.24. The van der Waals surface area contributed by atoms with E-state index in [-0.39, 0.29) is 29.5 Å². The highest BCUT2D eigenvalue weighted by Gasteiger charge is 2.28. The summed E-state index contributed by atoms with van der Waals surface area (Å²) in [4.78, 5) is 46.2. The zero-order chi connectivity index (χ0) is 22.7. The summed E-state index contributed by atoms with van der Waals surface area (Å²) in [5.41, 5.74) is 2.69. The lowest BCUT2D eigenvalue weighted by molar-refractivity contribution is -0.132. The topological polar surface area (TPSA) is 80.4 Å². The molecule has 0 fully saturated rings. The van der Waals surface area contributed by atoms with Gasteiger partial charge >= 0.3 is 0 Å². The molecule has 0 radical (unpaired) electrons. The zero-order valence-corrected chi connectivity index (χ0v) is 18.4. The third kappa shape index (κ3) is 4.49. The molecule has 0 unspecified atom stereocenters. The van der Waals surface area contributed by atoms with Crippen molar-refractivity contribution in [3.8, 4) is 0 Å². The second-order valence-corrected chi connectivity index (χ2v) is 8.24. The van der Waals surface area contributed by atoms with Gasteiger partial charge in [-0.1, -0.05) is 30.3 Å². The monoisotopic (exact) mass is 433 g/mol. The average molecular weight is 434 g/mol. The van der Waals surface area contributed by atoms with Crippen molar-refractivity contribution in [2.24, 2.45) is 0 Å². The minimum atomic E-state index is -0.293. The first-order chi connectivity index (χ1) is 15.4. The number of fused-ring (bicyclic) bond motifs is 1. The molecule has 0 spiro atoms. The van der Waals surface area contributed by atoms with Crippen molar-refractivity contribution < 1.29 is 9.59 Å². The summed E-state index contributed by atoms with van der Waals surface area (Å²) in [6, 6.07) is 9.93. The smallest absolute Gasteiger partial charge is 0.263 e. The van der Waals surface area contributed by atoms with Crippen molar-refractivity contribution in [2.75, 3.05) is 20.6 Å². The number of hydrogen-bond donors (Lipinski definition) is 0. The Labute approximate surface area is 186 Å². The molecule has 8 heteroatoms. The summed E-state index contributed by atoms with van der Waals surface area (Å²) in [6.07, 6.45) is 8.00. The summed E-state index contributed by atoms with van der Waals surface area (Å²) >= 11 is 0. The SMILES string of the molecule is CN(C)C(=O)c1c2c(cn(CCc3ccccc3)c1=O)CN(C(=O)Cn1ccnc1)CC2. The van der Waals surface area contributed by atoms with Gasteiger partial charge in [0.05, 0.1) is 6.33 Å². The van der Waals surface area contributed by atoms with E-state index < -0.39 is 0 Å². The lowest BCUT2D eigenvalue weighted by Gasteiger charge is -2.31. The standard InChI is InChI=1S/C24H27N5O3/c1-26(2)23(31)22-20-9-12-28(21(30)16-27-13-10-25-17-27)14-19(20)15-29(24(22)32)11-8-18-6-4-3-5-7-18/h3-7,10,13,15,17H,8-9,11-12,14,16H2,1-2H3. The van der Waals surface area contributed by atoms with E-state index >= 15 is 0 Å². The zero-order valence-electron chi connectivity index (χ0n) is 18.4. The Balaban J connectivity index is 1.64. The van der Waals surface area contributed by atoms with Crippen LogP contribution in [0.15, 0.2) is 60.0 Å². The number of carbonyl (C=O) groups is 2. The molecule has 0 aliphatic carbocycles. The summed E-state index contributed by atoms with van der Waals surface area (Å²) in [6.45, 7) is 1.53. The van der Waals surface area contributed by atoms with E-state index in [4.69, 9.17) is 0 Å². The molecular weight excluding hydrogens is 406 g/mol. The predicted octanol–water partition coefficient (Wildman–Crippen LogP) is 1.57. The first-order valence-corrected chi connectivity index (χ1v) is 10.7. The Morgan fingerprint density at radius 3 is 2.62 bits per heavy atom. The molecule has 1 aromatic carbocycles. The minimum absolute atomic E-state index is 0.0174. The van der Waals surface area contributed by atoms with Crippen molar-refractivity contribution in [2.45, 2.75) is 32.5 Å². The lowest BCUT2D eigenvalue weighted by Crippen LogP contribution is -2.42. The number of imidazole rings is 1. The van der Waals surface area contributed by atoms with Crippen molar-refractivity contribution in [1.82, 2.24) is 23.9 Å². The number of pyridine rings is 1. The van der Waals surface area contributed by atoms with Gasteiger partial charge in [0, 0.05) is 52.3 Å². The number of aromatic nitrogens is 3. The van der Waals surface area contributed by atoms with Gasteiger partial charge in [-0.05, 0) is 29.5 Å². The van der Waals surface area contributed by atoms with E-state index in [2.05, 4.69) is 4.98 Å². The Bertz CT molecular complexity index is 1170. The van der Waals surface area contributed by atoms with Gasteiger partial charge in [-0.25, -0.2) is 4.98 Å². The maximum Gasteiger partial charge on any atom is 0.263 e. The fraction of sp³-hybridized carbons (Fsp3) is 0.333. The van der Waals surface area contributed by atoms with Crippen LogP contribution in [0, 0.1) is 0 Å². The van der Waals surface area contributed by atoms with Crippen LogP contribution in [0.25, 0.3) is 0 Å². The molecule has 1 aliphatic rings. The van der Waals surface area contributed by atoms with Crippen LogP contribution in [0.1, 0.15) is 27.0 Å². The number of carbonyl (C=O) groups excluding carboxylic acids is 2. The summed E-state index contributed by atoms with van der Waals surface area (Å²) in [5, 5.41) is 0. The molecule has 0 saturated heterocycles. The molecule has 0 bridgehead atoms. The van der Waals surface area contributed by atoms with Gasteiger partial charge in [-0.2, -0.15) is 0 Å². The number of hydrogen-bond acceptors (Lipinski definition) is 4. The molecule has 0 N–H and O–H groups in total. The first-order valence-electron chi connectivity index (χ1n) is 10.7. The van der Waals surface area contributed by atoms with Crippen LogP contribution in [-0.4, -0.2) is 56.4 Å². The van der Waals surface area contributed by atoms with Crippen molar-refractivity contribution in [3.05, 3.63) is 87.9 Å². The number of benzene rings is 1. The van der Waals surface area contributed by atoms with Gasteiger partial charge < -0.3 is 18.9 Å². The molecule has 32 heavy (non-hydrogen) atoms. The van der Waals surface area contributed by atoms with Crippen LogP contribution in [0.2, 0.25) is 0 Å². The number of nitrogens with zero attached hydrogens (tertiary/aromatic N) is 5. The summed E-state index contributed by atoms with van der Waals surface area (Å²) in [5.74, 6) is -0.310. The first kappa shape index (κ1) is 21.5. The molecule has 166 valence electrons. The Morgan fingerprint density at radius 2 is 1.94 bits per heavy atom. The molecule has 4 rings (SSSR count). The van der Waals surface area contributed by atoms with E-state index in [0.717, 1.165) is 16.7 Å². The fourth-order valence-electron chi connectivity index (χ4n) is 4.06. The molecule has 0 saturated carbocycles. The quantitative estimate of drug-likeness (QED) is 0.591. The molecule has 2 aromatic heterocycles. The van der Waals surface area contributed by atoms with Crippen molar-refractivity contribution in [3.63, 3.8) is 0 Å². The largest absolute Gasteiger partial charge is 0.345 e. The van der Waals surface area contributed by atoms with E-state index in [1.807, 2.05) is 36.5 Å². The number of aryl methyl sites for hydroxylation is 2. The molecular formula is C24H27N5O3. The maximum absolute atomic E-state index is 13.3. The maximum atomic E-state index is 13.3. The van der Waals surface area contributed by atoms with Gasteiger partial charge in [0.15, 0.2) is 0 Å². The number of amides is 2. The predicted molar refractivity (Wildman–Crippen MR) is 120 cm³/mol. The van der Waals surface area contributed by atoms with Crippen LogP contribution >= 0.6 is 0 Å². The Hall–Kier alpha value is -3.68. The van der Waals surface area contributed by atoms with Crippen LogP contribution in [-0.2, 0) is 37.3 Å². The molecule has 1 aliphatic heterocycles. The Morgan fingerprint density at radius 1 is 1.16 bits per heavy atom. The van der Waals surface area contributed by atoms with Crippen molar-refractivity contribution >= 4 is 11.8 Å². The van der Waals surface area contributed by atoms with E-state index in [0.29, 0.717) is 32.5 Å². The molecule has 3 aromatic rings. The minimum Gasteiger partial charge on any atom is -0.345 e. The Kier molecular flexibility index (Phi) is 6.20. The normalized spacial score (nSPS) is 13.0. The second kappa shape index (κ2) is 9.21. The van der Waals surface area contributed by atoms with E-state index in [1.165, 1.54) is 4.90 Å². The van der Waals surface area contributed by atoms with E-state index in [9.17, 15) is 14.4 Å². The van der Waals surface area contributed by atoms with Crippen LogP contribution in [0.4, 0.5) is 0 Å². The third-order valence-electron chi connectivity index (χ3n) is 5.80. The number of rotatable bonds is 6. The van der Waals surface area contributed by atoms with Crippen LogP contribution in [0.3, 0.4) is 0 Å². The van der Waals surface area contributed by atoms with Crippen molar-refractivity contribution in [1.29, 1.82) is 0 Å². The average Bonchev–Trinajstić information content (AvgIpc) is 3.30. The highest BCUT2D eigenvalue weighted by Crippen LogP contribution is 2.22. The highest BCUT2D eigenvalue weighted by atomic mass is 16.2. The van der Waals surface area contributed by atoms with E-state index in [1.54, 1.807) is 46.9 Å². The van der Waals surface area contributed by atoms with Gasteiger partial charge in [-0.3, -0.25) is 14.4 Å². The van der Waals surface area contributed by atoms with Crippen LogP contribution < -0.4 is 5.56 Å². The summed E-state index contributed by atoms with van der Waals surface area (Å²) < 4.78 is 3.35. The molecule has 0 atom stereocenters. The van der Waals surface area contributed by atoms with Gasteiger partial charge in [-0.15, -0.1) is 0 Å². The fourth-order valence-corrected chi connectivity index (χ4v) is 4.06. The third-order valence-corrected chi connectivity index (χ3v) is 5.80. The highest BCUT2D eigenvalue weighted by molar-refractivity contribution is 5.95. The van der Waals surface area contributed by atoms with Gasteiger partial charge in [0.25, 0.3) is 11.5 Å². The summed E-state index contributed by atoms with van der Waals surface area (Å²) in [7, 11) is 3.30. The van der Waals surface area contributed by atoms with Crippen LogP contribution in [0.5, 0.6) is 0 Å². The lowest BCUT2D eigenvalue weighted by atomic mass is 9.95. The molecule has 8 nitrogen and oxygen atoms in total. The molecule has 2 amide bonds. The molecule has 3 heterocycles.